The zero-order chi connectivity index (χ0) is 21.6. The van der Waals surface area contributed by atoms with E-state index in [1.54, 1.807) is 14.2 Å². The van der Waals surface area contributed by atoms with Crippen molar-refractivity contribution in [2.75, 3.05) is 46.9 Å². The van der Waals surface area contributed by atoms with Gasteiger partial charge in [-0.3, -0.25) is 4.90 Å². The summed E-state index contributed by atoms with van der Waals surface area (Å²) in [6, 6.07) is 16.1. The molecule has 1 fully saturated rings. The topological polar surface area (TPSA) is 68.5 Å². The summed E-state index contributed by atoms with van der Waals surface area (Å²) in [4.78, 5) is 4.91. The molecular weight excluding hydrogens is 392 g/mol. The number of ether oxygens (including phenoxy) is 2. The van der Waals surface area contributed by atoms with Gasteiger partial charge in [0.05, 0.1) is 20.8 Å². The van der Waals surface area contributed by atoms with Crippen LogP contribution in [0.4, 0.5) is 0 Å². The molecule has 8 nitrogen and oxygen atoms in total. The van der Waals surface area contributed by atoms with E-state index in [1.165, 1.54) is 0 Å². The van der Waals surface area contributed by atoms with Crippen molar-refractivity contribution < 1.29 is 9.47 Å². The van der Waals surface area contributed by atoms with Crippen LogP contribution >= 0.6 is 0 Å². The van der Waals surface area contributed by atoms with E-state index in [9.17, 15) is 0 Å². The molecule has 8 heteroatoms. The van der Waals surface area contributed by atoms with Crippen LogP contribution in [0, 0.1) is 0 Å². The molecule has 1 aromatic heterocycles. The number of hydrogen-bond acceptors (Lipinski definition) is 7. The van der Waals surface area contributed by atoms with E-state index in [-0.39, 0.29) is 6.04 Å². The lowest BCUT2D eigenvalue weighted by Gasteiger charge is -2.38. The molecule has 164 valence electrons. The van der Waals surface area contributed by atoms with Crippen LogP contribution < -0.4 is 9.47 Å². The molecule has 1 atom stereocenters. The van der Waals surface area contributed by atoms with Gasteiger partial charge in [0, 0.05) is 37.8 Å². The maximum Gasteiger partial charge on any atom is 0.173 e. The molecule has 2 heterocycles. The third-order valence-electron chi connectivity index (χ3n) is 5.93. The first-order valence-corrected chi connectivity index (χ1v) is 10.7. The lowest BCUT2D eigenvalue weighted by molar-refractivity contribution is 0.107. The highest BCUT2D eigenvalue weighted by Crippen LogP contribution is 2.36. The molecule has 1 unspecified atom stereocenters. The van der Waals surface area contributed by atoms with Gasteiger partial charge in [-0.1, -0.05) is 37.3 Å². The maximum absolute atomic E-state index is 5.76. The molecule has 1 aliphatic heterocycles. The summed E-state index contributed by atoms with van der Waals surface area (Å²) in [5.74, 6) is 2.35. The number of benzene rings is 2. The van der Waals surface area contributed by atoms with Crippen LogP contribution in [-0.2, 0) is 6.54 Å². The Morgan fingerprint density at radius 3 is 2.42 bits per heavy atom. The Balaban J connectivity index is 1.73. The van der Waals surface area contributed by atoms with Crippen molar-refractivity contribution >= 4 is 0 Å². The molecule has 4 rings (SSSR count). The summed E-state index contributed by atoms with van der Waals surface area (Å²) in [7, 11) is 3.35. The lowest BCUT2D eigenvalue weighted by atomic mass is 10.0. The average Bonchev–Trinajstić information content (AvgIpc) is 3.28. The highest BCUT2D eigenvalue weighted by Gasteiger charge is 2.32. The molecule has 0 saturated carbocycles. The first-order valence-electron chi connectivity index (χ1n) is 10.7. The summed E-state index contributed by atoms with van der Waals surface area (Å²) < 4.78 is 13.1. The first kappa shape index (κ1) is 21.3. The molecule has 3 aromatic rings. The minimum Gasteiger partial charge on any atom is -0.497 e. The highest BCUT2D eigenvalue weighted by molar-refractivity contribution is 5.44. The van der Waals surface area contributed by atoms with E-state index in [4.69, 9.17) is 9.47 Å². The molecule has 1 aliphatic rings. The summed E-state index contributed by atoms with van der Waals surface area (Å²) in [5, 5.41) is 12.8. The van der Waals surface area contributed by atoms with Gasteiger partial charge in [0.15, 0.2) is 5.82 Å². The highest BCUT2D eigenvalue weighted by atomic mass is 16.5. The number of piperazine rings is 1. The predicted octanol–water partition coefficient (Wildman–Crippen LogP) is 2.47. The minimum absolute atomic E-state index is 0.112. The second kappa shape index (κ2) is 9.89. The third-order valence-corrected chi connectivity index (χ3v) is 5.93. The Morgan fingerprint density at radius 2 is 1.74 bits per heavy atom. The van der Waals surface area contributed by atoms with E-state index in [1.807, 2.05) is 35.0 Å². The Hall–Kier alpha value is -2.97. The number of likely N-dealkylation sites (N-methyl/N-ethyl adjacent to an activating group) is 1. The molecule has 2 aromatic carbocycles. The predicted molar refractivity (Wildman–Crippen MR) is 118 cm³/mol. The van der Waals surface area contributed by atoms with E-state index in [0.29, 0.717) is 6.54 Å². The van der Waals surface area contributed by atoms with Crippen molar-refractivity contribution in [3.8, 4) is 11.5 Å². The van der Waals surface area contributed by atoms with Gasteiger partial charge in [0.25, 0.3) is 0 Å². The summed E-state index contributed by atoms with van der Waals surface area (Å²) in [6.45, 7) is 7.80. The van der Waals surface area contributed by atoms with E-state index < -0.39 is 0 Å². The monoisotopic (exact) mass is 422 g/mol. The van der Waals surface area contributed by atoms with Crippen LogP contribution in [-0.4, -0.2) is 77.0 Å². The van der Waals surface area contributed by atoms with Gasteiger partial charge in [-0.05, 0) is 34.7 Å². The number of hydrogen-bond donors (Lipinski definition) is 0. The molecule has 0 aliphatic carbocycles. The molecule has 0 N–H and O–H groups in total. The molecular formula is C23H30N6O2. The van der Waals surface area contributed by atoms with E-state index >= 15 is 0 Å². The lowest BCUT2D eigenvalue weighted by Crippen LogP contribution is -2.48. The van der Waals surface area contributed by atoms with Crippen molar-refractivity contribution in [1.82, 2.24) is 30.0 Å². The van der Waals surface area contributed by atoms with Crippen molar-refractivity contribution in [3.63, 3.8) is 0 Å². The molecule has 1 saturated heterocycles. The number of tetrazole rings is 1. The number of nitrogens with zero attached hydrogens (tertiary/aromatic N) is 6. The fourth-order valence-corrected chi connectivity index (χ4v) is 4.16. The van der Waals surface area contributed by atoms with Gasteiger partial charge < -0.3 is 14.4 Å². The fourth-order valence-electron chi connectivity index (χ4n) is 4.16. The number of methoxy groups -OCH3 is 2. The van der Waals surface area contributed by atoms with Crippen molar-refractivity contribution in [1.29, 1.82) is 0 Å². The van der Waals surface area contributed by atoms with Crippen LogP contribution in [0.5, 0.6) is 11.5 Å². The van der Waals surface area contributed by atoms with Gasteiger partial charge in [0.2, 0.25) is 0 Å². The zero-order valence-electron chi connectivity index (χ0n) is 18.4. The van der Waals surface area contributed by atoms with Gasteiger partial charge in [-0.15, -0.1) is 5.10 Å². The standard InChI is InChI=1S/C23H30N6O2/c1-4-27-12-14-28(15-13-27)22(20-11-10-19(30-2)16-21(20)31-3)23-24-25-26-29(23)17-18-8-6-5-7-9-18/h5-11,16,22H,4,12-15,17H2,1-3H3. The van der Waals surface area contributed by atoms with Crippen LogP contribution in [0.3, 0.4) is 0 Å². The van der Waals surface area contributed by atoms with Crippen molar-refractivity contribution in [3.05, 3.63) is 65.5 Å². The van der Waals surface area contributed by atoms with Gasteiger partial charge >= 0.3 is 0 Å². The van der Waals surface area contributed by atoms with Gasteiger partial charge in [0.1, 0.15) is 17.5 Å². The molecule has 0 amide bonds. The largest absolute Gasteiger partial charge is 0.497 e. The molecule has 0 radical (unpaired) electrons. The van der Waals surface area contributed by atoms with Crippen molar-refractivity contribution in [2.24, 2.45) is 0 Å². The van der Waals surface area contributed by atoms with Crippen molar-refractivity contribution in [2.45, 2.75) is 19.5 Å². The molecule has 31 heavy (non-hydrogen) atoms. The Bertz CT molecular complexity index is 969. The van der Waals surface area contributed by atoms with E-state index in [0.717, 1.165) is 61.2 Å². The Labute approximate surface area is 183 Å². The number of rotatable bonds is 8. The normalized spacial score (nSPS) is 16.2. The van der Waals surface area contributed by atoms with E-state index in [2.05, 4.69) is 50.4 Å². The second-order valence-electron chi connectivity index (χ2n) is 7.66. The summed E-state index contributed by atoms with van der Waals surface area (Å²) in [6.07, 6.45) is 0. The quantitative estimate of drug-likeness (QED) is 0.552. The van der Waals surface area contributed by atoms with Crippen LogP contribution in [0.1, 0.15) is 29.9 Å². The minimum atomic E-state index is -0.112. The van der Waals surface area contributed by atoms with Crippen LogP contribution in [0.25, 0.3) is 0 Å². The van der Waals surface area contributed by atoms with Gasteiger partial charge in [-0.2, -0.15) is 0 Å². The average molecular weight is 423 g/mol. The number of aromatic nitrogens is 4. The fraction of sp³-hybridized carbons (Fsp3) is 0.435. The second-order valence-corrected chi connectivity index (χ2v) is 7.66. The Morgan fingerprint density at radius 1 is 0.968 bits per heavy atom. The molecule has 0 spiro atoms. The maximum atomic E-state index is 5.76. The SMILES string of the molecule is CCN1CCN(C(c2ccc(OC)cc2OC)c2nnnn2Cc2ccccc2)CC1. The third kappa shape index (κ3) is 4.70. The summed E-state index contributed by atoms with van der Waals surface area (Å²) >= 11 is 0. The Kier molecular flexibility index (Phi) is 6.79. The van der Waals surface area contributed by atoms with Gasteiger partial charge in [-0.25, -0.2) is 4.68 Å². The first-order chi connectivity index (χ1) is 15.2. The zero-order valence-corrected chi connectivity index (χ0v) is 18.4. The van der Waals surface area contributed by atoms with Crippen LogP contribution in [0.2, 0.25) is 0 Å². The smallest absolute Gasteiger partial charge is 0.173 e. The summed E-state index contributed by atoms with van der Waals surface area (Å²) in [5.41, 5.74) is 2.20. The molecule has 0 bridgehead atoms. The van der Waals surface area contributed by atoms with Crippen LogP contribution in [0.15, 0.2) is 48.5 Å².